The lowest BCUT2D eigenvalue weighted by molar-refractivity contribution is 0.539. The molecule has 2 N–H and O–H groups in total. The van der Waals surface area contributed by atoms with Gasteiger partial charge in [-0.05, 0) is 18.6 Å². The second kappa shape index (κ2) is 5.32. The van der Waals surface area contributed by atoms with Crippen LogP contribution in [0.4, 0.5) is 0 Å². The fourth-order valence-electron chi connectivity index (χ4n) is 1.66. The van der Waals surface area contributed by atoms with Gasteiger partial charge in [0.1, 0.15) is 5.82 Å². The van der Waals surface area contributed by atoms with Crippen molar-refractivity contribution in [3.05, 3.63) is 48.5 Å². The van der Waals surface area contributed by atoms with E-state index < -0.39 is 10.0 Å². The molecule has 0 aliphatic rings. The van der Waals surface area contributed by atoms with Crippen LogP contribution in [-0.2, 0) is 10.0 Å². The van der Waals surface area contributed by atoms with Crippen LogP contribution in [0.5, 0.6) is 0 Å². The van der Waals surface area contributed by atoms with Crippen LogP contribution >= 0.6 is 0 Å². The summed E-state index contributed by atoms with van der Waals surface area (Å²) in [4.78, 5) is 7.27. The van der Waals surface area contributed by atoms with Crippen molar-refractivity contribution in [2.45, 2.75) is 24.3 Å². The summed E-state index contributed by atoms with van der Waals surface area (Å²) in [6.07, 6.45) is 3.91. The average Bonchev–Trinajstić information content (AvgIpc) is 2.91. The zero-order valence-electron chi connectivity index (χ0n) is 10.00. The highest BCUT2D eigenvalue weighted by atomic mass is 32.2. The predicted molar refractivity (Wildman–Crippen MR) is 68.4 cm³/mol. The first-order valence-electron chi connectivity index (χ1n) is 5.70. The van der Waals surface area contributed by atoms with Crippen molar-refractivity contribution in [1.29, 1.82) is 0 Å². The number of hydrogen-bond acceptors (Lipinski definition) is 3. The highest BCUT2D eigenvalue weighted by molar-refractivity contribution is 7.89. The molecule has 1 atom stereocenters. The zero-order chi connectivity index (χ0) is 13.0. The van der Waals surface area contributed by atoms with Crippen LogP contribution in [0.3, 0.4) is 0 Å². The fourth-order valence-corrected chi connectivity index (χ4v) is 2.96. The molecule has 5 nitrogen and oxygen atoms in total. The monoisotopic (exact) mass is 265 g/mol. The van der Waals surface area contributed by atoms with Crippen LogP contribution in [-0.4, -0.2) is 18.4 Å². The summed E-state index contributed by atoms with van der Waals surface area (Å²) in [6, 6.07) is 7.97. The number of benzene rings is 1. The quantitative estimate of drug-likeness (QED) is 0.866. The Kier molecular flexibility index (Phi) is 3.78. The van der Waals surface area contributed by atoms with Gasteiger partial charge in [-0.15, -0.1) is 0 Å². The number of nitrogens with one attached hydrogen (secondary N) is 2. The summed E-state index contributed by atoms with van der Waals surface area (Å²) in [5.74, 6) is 0.622. The fraction of sp³-hybridized carbons (Fsp3) is 0.250. The normalized spacial score (nSPS) is 13.4. The third-order valence-corrected chi connectivity index (χ3v) is 4.10. The second-order valence-electron chi connectivity index (χ2n) is 3.87. The van der Waals surface area contributed by atoms with E-state index in [1.54, 1.807) is 42.7 Å². The van der Waals surface area contributed by atoms with Crippen molar-refractivity contribution >= 4 is 10.0 Å². The molecule has 0 amide bonds. The van der Waals surface area contributed by atoms with Crippen molar-refractivity contribution in [3.8, 4) is 0 Å². The number of sulfonamides is 1. The van der Waals surface area contributed by atoms with Crippen LogP contribution in [0, 0.1) is 0 Å². The van der Waals surface area contributed by atoms with Gasteiger partial charge in [-0.25, -0.2) is 18.1 Å². The molecule has 0 aliphatic heterocycles. The van der Waals surface area contributed by atoms with E-state index in [-0.39, 0.29) is 10.9 Å². The molecular formula is C12H15N3O2S. The van der Waals surface area contributed by atoms with Gasteiger partial charge < -0.3 is 4.98 Å². The summed E-state index contributed by atoms with van der Waals surface area (Å²) in [5, 5.41) is 0. The van der Waals surface area contributed by atoms with Crippen molar-refractivity contribution in [1.82, 2.24) is 14.7 Å². The molecule has 0 saturated carbocycles. The maximum Gasteiger partial charge on any atom is 0.241 e. The van der Waals surface area contributed by atoms with Crippen molar-refractivity contribution in [2.24, 2.45) is 0 Å². The van der Waals surface area contributed by atoms with E-state index in [0.717, 1.165) is 0 Å². The summed E-state index contributed by atoms with van der Waals surface area (Å²) in [5.41, 5.74) is 0. The number of hydrogen-bond donors (Lipinski definition) is 2. The molecule has 18 heavy (non-hydrogen) atoms. The summed E-state index contributed by atoms with van der Waals surface area (Å²) >= 11 is 0. The lowest BCUT2D eigenvalue weighted by Crippen LogP contribution is -2.29. The molecule has 2 aromatic rings. The van der Waals surface area contributed by atoms with Crippen molar-refractivity contribution in [3.63, 3.8) is 0 Å². The molecular weight excluding hydrogens is 250 g/mol. The topological polar surface area (TPSA) is 74.8 Å². The summed E-state index contributed by atoms with van der Waals surface area (Å²) in [6.45, 7) is 1.90. The van der Waals surface area contributed by atoms with Gasteiger partial charge in [-0.1, -0.05) is 25.1 Å². The van der Waals surface area contributed by atoms with Gasteiger partial charge in [0.25, 0.3) is 0 Å². The Hall–Kier alpha value is -1.66. The van der Waals surface area contributed by atoms with Crippen molar-refractivity contribution < 1.29 is 8.42 Å². The highest BCUT2D eigenvalue weighted by Crippen LogP contribution is 2.16. The lowest BCUT2D eigenvalue weighted by Gasteiger charge is -2.14. The number of imidazole rings is 1. The van der Waals surface area contributed by atoms with Crippen LogP contribution in [0.15, 0.2) is 47.6 Å². The number of aromatic amines is 1. The van der Waals surface area contributed by atoms with Gasteiger partial charge in [-0.2, -0.15) is 0 Å². The Morgan fingerprint density at radius 1 is 1.33 bits per heavy atom. The lowest BCUT2D eigenvalue weighted by atomic mass is 10.2. The number of nitrogens with zero attached hydrogens (tertiary/aromatic N) is 1. The number of rotatable bonds is 5. The predicted octanol–water partition coefficient (Wildman–Crippen LogP) is 1.84. The van der Waals surface area contributed by atoms with E-state index in [9.17, 15) is 8.42 Å². The molecule has 0 bridgehead atoms. The molecule has 0 aliphatic carbocycles. The molecule has 0 spiro atoms. The number of H-pyrrole nitrogens is 1. The van der Waals surface area contributed by atoms with E-state index >= 15 is 0 Å². The van der Waals surface area contributed by atoms with E-state index in [0.29, 0.717) is 12.2 Å². The molecule has 96 valence electrons. The standard InChI is InChI=1S/C12H15N3O2S/c1-2-11(12-13-8-9-14-12)15-18(16,17)10-6-4-3-5-7-10/h3-9,11,15H,2H2,1H3,(H,13,14). The highest BCUT2D eigenvalue weighted by Gasteiger charge is 2.21. The largest absolute Gasteiger partial charge is 0.347 e. The zero-order valence-corrected chi connectivity index (χ0v) is 10.8. The molecule has 0 saturated heterocycles. The molecule has 0 radical (unpaired) electrons. The van der Waals surface area contributed by atoms with Crippen molar-refractivity contribution in [2.75, 3.05) is 0 Å². The Bertz CT molecular complexity index is 579. The summed E-state index contributed by atoms with van der Waals surface area (Å²) in [7, 11) is -3.51. The van der Waals surface area contributed by atoms with E-state index in [4.69, 9.17) is 0 Å². The first kappa shape index (κ1) is 12.8. The van der Waals surface area contributed by atoms with Crippen LogP contribution in [0.1, 0.15) is 25.2 Å². The van der Waals surface area contributed by atoms with Gasteiger partial charge in [0, 0.05) is 12.4 Å². The molecule has 1 heterocycles. The molecule has 1 unspecified atom stereocenters. The second-order valence-corrected chi connectivity index (χ2v) is 5.58. The summed E-state index contributed by atoms with van der Waals surface area (Å²) < 4.78 is 26.9. The molecule has 6 heteroatoms. The minimum atomic E-state index is -3.51. The average molecular weight is 265 g/mol. The minimum Gasteiger partial charge on any atom is -0.347 e. The Labute approximate surface area is 106 Å². The first-order chi connectivity index (χ1) is 8.63. The Morgan fingerprint density at radius 2 is 2.06 bits per heavy atom. The van der Waals surface area contributed by atoms with E-state index in [2.05, 4.69) is 14.7 Å². The van der Waals surface area contributed by atoms with Gasteiger partial charge in [-0.3, -0.25) is 0 Å². The van der Waals surface area contributed by atoms with E-state index in [1.807, 2.05) is 6.92 Å². The minimum absolute atomic E-state index is 0.259. The first-order valence-corrected chi connectivity index (χ1v) is 7.18. The van der Waals surface area contributed by atoms with Crippen LogP contribution in [0.2, 0.25) is 0 Å². The maximum absolute atomic E-state index is 12.1. The van der Waals surface area contributed by atoms with Gasteiger partial charge in [0.15, 0.2) is 0 Å². The van der Waals surface area contributed by atoms with Gasteiger partial charge in [0.2, 0.25) is 10.0 Å². The Balaban J connectivity index is 2.22. The Morgan fingerprint density at radius 3 is 2.61 bits per heavy atom. The third kappa shape index (κ3) is 2.77. The maximum atomic E-state index is 12.1. The van der Waals surface area contributed by atoms with Gasteiger partial charge in [0.05, 0.1) is 10.9 Å². The van der Waals surface area contributed by atoms with Crippen LogP contribution in [0.25, 0.3) is 0 Å². The molecule has 2 rings (SSSR count). The molecule has 1 aromatic carbocycles. The van der Waals surface area contributed by atoms with Crippen LogP contribution < -0.4 is 4.72 Å². The smallest absolute Gasteiger partial charge is 0.241 e. The third-order valence-electron chi connectivity index (χ3n) is 2.61. The van der Waals surface area contributed by atoms with E-state index in [1.165, 1.54) is 0 Å². The molecule has 1 aromatic heterocycles. The SMILES string of the molecule is CCC(NS(=O)(=O)c1ccccc1)c1ncc[nH]1. The molecule has 0 fully saturated rings. The number of aromatic nitrogens is 2. The van der Waals surface area contributed by atoms with Gasteiger partial charge >= 0.3 is 0 Å².